The third kappa shape index (κ3) is 4.24. The molecule has 7 heteroatoms. The first-order chi connectivity index (χ1) is 10.8. The molecule has 0 spiro atoms. The smallest absolute Gasteiger partial charge is 0.416 e. The van der Waals surface area contributed by atoms with Gasteiger partial charge in [0.15, 0.2) is 6.10 Å². The van der Waals surface area contributed by atoms with E-state index in [0.29, 0.717) is 6.42 Å². The molecule has 1 heterocycles. The number of alkyl halides is 3. The van der Waals surface area contributed by atoms with Crippen LogP contribution in [0.2, 0.25) is 0 Å². The predicted octanol–water partition coefficient (Wildman–Crippen LogP) is 3.54. The molecule has 1 fully saturated rings. The van der Waals surface area contributed by atoms with Crippen molar-refractivity contribution in [2.45, 2.75) is 44.9 Å². The number of amides is 1. The van der Waals surface area contributed by atoms with E-state index in [2.05, 4.69) is 0 Å². The zero-order valence-corrected chi connectivity index (χ0v) is 12.7. The lowest BCUT2D eigenvalue weighted by Gasteiger charge is -2.18. The van der Waals surface area contributed by atoms with Gasteiger partial charge in [0.2, 0.25) is 0 Å². The summed E-state index contributed by atoms with van der Waals surface area (Å²) in [5, 5.41) is 0. The van der Waals surface area contributed by atoms with E-state index < -0.39 is 29.7 Å². The fourth-order valence-corrected chi connectivity index (χ4v) is 2.41. The maximum atomic E-state index is 12.7. The molecule has 4 nitrogen and oxygen atoms in total. The van der Waals surface area contributed by atoms with Crippen LogP contribution in [0.25, 0.3) is 0 Å². The van der Waals surface area contributed by atoms with Crippen molar-refractivity contribution in [1.82, 2.24) is 0 Å². The van der Waals surface area contributed by atoms with Crippen LogP contribution in [-0.2, 0) is 20.5 Å². The average molecular weight is 329 g/mol. The van der Waals surface area contributed by atoms with Crippen LogP contribution in [0.15, 0.2) is 24.3 Å². The largest absolute Gasteiger partial charge is 0.452 e. The first-order valence-electron chi connectivity index (χ1n) is 7.51. The molecule has 0 saturated carbocycles. The molecule has 1 amide bonds. The van der Waals surface area contributed by atoms with Crippen LogP contribution in [0.3, 0.4) is 0 Å². The van der Waals surface area contributed by atoms with E-state index in [4.69, 9.17) is 4.74 Å². The Labute approximate surface area is 132 Å². The lowest BCUT2D eigenvalue weighted by Crippen LogP contribution is -2.32. The molecule has 1 aromatic carbocycles. The third-order valence-corrected chi connectivity index (χ3v) is 3.65. The summed E-state index contributed by atoms with van der Waals surface area (Å²) in [5.41, 5.74) is -0.650. The quantitative estimate of drug-likeness (QED) is 0.776. The zero-order valence-electron chi connectivity index (χ0n) is 12.7. The van der Waals surface area contributed by atoms with E-state index in [1.54, 1.807) is 0 Å². The van der Waals surface area contributed by atoms with Crippen LogP contribution in [0.5, 0.6) is 0 Å². The number of nitrogens with zero attached hydrogens (tertiary/aromatic N) is 1. The Hall–Kier alpha value is -2.05. The van der Waals surface area contributed by atoms with Crippen molar-refractivity contribution >= 4 is 17.6 Å². The summed E-state index contributed by atoms with van der Waals surface area (Å²) < 4.78 is 43.4. The average Bonchev–Trinajstić information content (AvgIpc) is 2.85. The normalized spacial score (nSPS) is 18.3. The Kier molecular flexibility index (Phi) is 5.28. The van der Waals surface area contributed by atoms with Gasteiger partial charge >= 0.3 is 12.1 Å². The second-order valence-corrected chi connectivity index (χ2v) is 5.41. The van der Waals surface area contributed by atoms with E-state index in [0.717, 1.165) is 18.6 Å². The minimum Gasteiger partial charge on any atom is -0.452 e. The van der Waals surface area contributed by atoms with Gasteiger partial charge in [-0.3, -0.25) is 9.59 Å². The summed E-state index contributed by atoms with van der Waals surface area (Å²) in [4.78, 5) is 25.1. The van der Waals surface area contributed by atoms with Crippen LogP contribution in [0.1, 0.15) is 38.2 Å². The van der Waals surface area contributed by atoms with E-state index in [1.807, 2.05) is 6.92 Å². The highest BCUT2D eigenvalue weighted by Crippen LogP contribution is 2.33. The number of carbonyl (C=O) groups excluding carboxylic acids is 2. The van der Waals surface area contributed by atoms with Crippen LogP contribution >= 0.6 is 0 Å². The summed E-state index contributed by atoms with van der Waals surface area (Å²) in [6.45, 7) is 2.16. The van der Waals surface area contributed by atoms with E-state index >= 15 is 0 Å². The zero-order chi connectivity index (χ0) is 17.0. The summed E-state index contributed by atoms with van der Waals surface area (Å²) in [5.74, 6) is -0.926. The molecule has 23 heavy (non-hydrogen) atoms. The molecule has 1 aromatic rings. The van der Waals surface area contributed by atoms with Crippen LogP contribution < -0.4 is 4.90 Å². The van der Waals surface area contributed by atoms with Gasteiger partial charge in [-0.25, -0.2) is 0 Å². The number of hydrogen-bond donors (Lipinski definition) is 0. The molecule has 126 valence electrons. The Morgan fingerprint density at radius 3 is 2.78 bits per heavy atom. The lowest BCUT2D eigenvalue weighted by molar-refractivity contribution is -0.153. The van der Waals surface area contributed by atoms with Crippen LogP contribution in [0.4, 0.5) is 18.9 Å². The molecule has 0 aromatic heterocycles. The Bertz CT molecular complexity index is 586. The van der Waals surface area contributed by atoms with Crippen molar-refractivity contribution < 1.29 is 27.5 Å². The first-order valence-corrected chi connectivity index (χ1v) is 7.51. The molecule has 1 aliphatic heterocycles. The molecular formula is C16H18F3NO3. The Morgan fingerprint density at radius 1 is 1.39 bits per heavy atom. The molecule has 0 N–H and O–H groups in total. The summed E-state index contributed by atoms with van der Waals surface area (Å²) in [6.07, 6.45) is -3.34. The highest BCUT2D eigenvalue weighted by Gasteiger charge is 2.37. The van der Waals surface area contributed by atoms with Crippen molar-refractivity contribution in [2.24, 2.45) is 0 Å². The summed E-state index contributed by atoms with van der Waals surface area (Å²) in [7, 11) is 0. The number of unbranched alkanes of at least 4 members (excludes halogenated alkanes) is 1. The molecule has 1 aliphatic rings. The van der Waals surface area contributed by atoms with Crippen molar-refractivity contribution in [3.63, 3.8) is 0 Å². The number of anilines is 1. The number of rotatable bonds is 5. The Balaban J connectivity index is 2.06. The van der Waals surface area contributed by atoms with Gasteiger partial charge in [-0.2, -0.15) is 13.2 Å². The van der Waals surface area contributed by atoms with Gasteiger partial charge in [0.25, 0.3) is 5.91 Å². The third-order valence-electron chi connectivity index (χ3n) is 3.65. The molecule has 1 unspecified atom stereocenters. The molecule has 1 atom stereocenters. The number of esters is 1. The van der Waals surface area contributed by atoms with Gasteiger partial charge in [0, 0.05) is 25.1 Å². The minimum absolute atomic E-state index is 0.164. The maximum absolute atomic E-state index is 12.7. The molecule has 0 bridgehead atoms. The number of carbonyl (C=O) groups is 2. The molecule has 2 rings (SSSR count). The van der Waals surface area contributed by atoms with Crippen molar-refractivity contribution in [1.29, 1.82) is 0 Å². The predicted molar refractivity (Wildman–Crippen MR) is 77.8 cm³/mol. The number of halogens is 3. The second-order valence-electron chi connectivity index (χ2n) is 5.41. The monoisotopic (exact) mass is 329 g/mol. The Morgan fingerprint density at radius 2 is 2.13 bits per heavy atom. The number of benzene rings is 1. The minimum atomic E-state index is -4.47. The highest BCUT2D eigenvalue weighted by molar-refractivity contribution is 5.99. The van der Waals surface area contributed by atoms with Gasteiger partial charge in [0.1, 0.15) is 0 Å². The van der Waals surface area contributed by atoms with Crippen LogP contribution in [-0.4, -0.2) is 24.5 Å². The fourth-order valence-electron chi connectivity index (χ4n) is 2.41. The topological polar surface area (TPSA) is 46.6 Å². The number of ether oxygens (including phenoxy) is 1. The highest BCUT2D eigenvalue weighted by atomic mass is 19.4. The summed E-state index contributed by atoms with van der Waals surface area (Å²) >= 11 is 0. The lowest BCUT2D eigenvalue weighted by atomic mass is 10.2. The van der Waals surface area contributed by atoms with E-state index in [-0.39, 0.29) is 25.1 Å². The van der Waals surface area contributed by atoms with Crippen molar-refractivity contribution in [2.75, 3.05) is 11.4 Å². The second kappa shape index (κ2) is 7.02. The standard InChI is InChI=1S/C16H18F3NO3/c1-2-3-7-14(21)23-13-8-9-20(15(13)22)12-6-4-5-11(10-12)16(17,18)19/h4-6,10,13H,2-3,7-9H2,1H3. The van der Waals surface area contributed by atoms with Crippen molar-refractivity contribution in [3.8, 4) is 0 Å². The van der Waals surface area contributed by atoms with Gasteiger partial charge in [-0.05, 0) is 24.6 Å². The van der Waals surface area contributed by atoms with Gasteiger partial charge in [-0.15, -0.1) is 0 Å². The molecular weight excluding hydrogens is 311 g/mol. The van der Waals surface area contributed by atoms with E-state index in [9.17, 15) is 22.8 Å². The molecule has 0 radical (unpaired) electrons. The maximum Gasteiger partial charge on any atom is 0.416 e. The van der Waals surface area contributed by atoms with Crippen LogP contribution in [0, 0.1) is 0 Å². The summed E-state index contributed by atoms with van der Waals surface area (Å²) in [6, 6.07) is 4.58. The van der Waals surface area contributed by atoms with Gasteiger partial charge in [0.05, 0.1) is 5.56 Å². The van der Waals surface area contributed by atoms with Gasteiger partial charge < -0.3 is 9.64 Å². The molecule has 0 aliphatic carbocycles. The SMILES string of the molecule is CCCCC(=O)OC1CCN(c2cccc(C(F)(F)F)c2)C1=O. The molecule has 1 saturated heterocycles. The first kappa shape index (κ1) is 17.3. The fraction of sp³-hybridized carbons (Fsp3) is 0.500. The van der Waals surface area contributed by atoms with Crippen molar-refractivity contribution in [3.05, 3.63) is 29.8 Å². The number of hydrogen-bond acceptors (Lipinski definition) is 3. The van der Waals surface area contributed by atoms with E-state index in [1.165, 1.54) is 17.0 Å². The van der Waals surface area contributed by atoms with Gasteiger partial charge in [-0.1, -0.05) is 19.4 Å².